The highest BCUT2D eigenvalue weighted by molar-refractivity contribution is 7.18. The van der Waals surface area contributed by atoms with Crippen molar-refractivity contribution in [1.82, 2.24) is 19.7 Å². The standard InChI is InChI=1S/C19H15FN4O2S/c20-12-7-5-11(6-8-12)17-22-15(26-23-17)9-24-10-21-18-16(19(24)25)13-3-1-2-4-14(13)27-18/h5-8,10H,1-4,9H2. The number of aromatic nitrogens is 4. The highest BCUT2D eigenvalue weighted by Gasteiger charge is 2.20. The molecule has 3 aromatic heterocycles. The van der Waals surface area contributed by atoms with Crippen LogP contribution in [0.15, 0.2) is 39.9 Å². The van der Waals surface area contributed by atoms with E-state index in [1.54, 1.807) is 23.5 Å². The second kappa shape index (κ2) is 6.38. The summed E-state index contributed by atoms with van der Waals surface area (Å²) in [4.78, 5) is 23.9. The quantitative estimate of drug-likeness (QED) is 0.542. The maximum atomic E-state index is 13.1. The number of aryl methyl sites for hydroxylation is 2. The van der Waals surface area contributed by atoms with Gasteiger partial charge in [0.2, 0.25) is 11.7 Å². The summed E-state index contributed by atoms with van der Waals surface area (Å²) in [6, 6.07) is 5.85. The molecule has 0 bridgehead atoms. The smallest absolute Gasteiger partial charge is 0.262 e. The summed E-state index contributed by atoms with van der Waals surface area (Å²) >= 11 is 1.62. The van der Waals surface area contributed by atoms with E-state index in [0.29, 0.717) is 17.3 Å². The first-order chi connectivity index (χ1) is 13.2. The zero-order valence-corrected chi connectivity index (χ0v) is 15.1. The lowest BCUT2D eigenvalue weighted by molar-refractivity contribution is 0.369. The van der Waals surface area contributed by atoms with Crippen LogP contribution in [-0.2, 0) is 19.4 Å². The van der Waals surface area contributed by atoms with E-state index in [1.807, 2.05) is 0 Å². The maximum absolute atomic E-state index is 13.1. The zero-order valence-electron chi connectivity index (χ0n) is 14.3. The minimum Gasteiger partial charge on any atom is -0.337 e. The summed E-state index contributed by atoms with van der Waals surface area (Å²) in [5, 5.41) is 4.65. The molecule has 3 heterocycles. The minimum atomic E-state index is -0.326. The van der Waals surface area contributed by atoms with E-state index in [0.717, 1.165) is 35.0 Å². The van der Waals surface area contributed by atoms with Crippen molar-refractivity contribution in [2.75, 3.05) is 0 Å². The second-order valence-corrected chi connectivity index (χ2v) is 7.67. The van der Waals surface area contributed by atoms with Crippen molar-refractivity contribution in [3.63, 3.8) is 0 Å². The van der Waals surface area contributed by atoms with Crippen molar-refractivity contribution >= 4 is 21.6 Å². The van der Waals surface area contributed by atoms with Crippen molar-refractivity contribution < 1.29 is 8.91 Å². The van der Waals surface area contributed by atoms with Gasteiger partial charge in [0.05, 0.1) is 11.7 Å². The average molecular weight is 382 g/mol. The van der Waals surface area contributed by atoms with Gasteiger partial charge in [-0.05, 0) is 55.5 Å². The number of fused-ring (bicyclic) bond motifs is 3. The lowest BCUT2D eigenvalue weighted by Crippen LogP contribution is -2.21. The van der Waals surface area contributed by atoms with Gasteiger partial charge in [-0.25, -0.2) is 9.37 Å². The van der Waals surface area contributed by atoms with Crippen molar-refractivity contribution in [1.29, 1.82) is 0 Å². The third-order valence-electron chi connectivity index (χ3n) is 4.82. The Morgan fingerprint density at radius 3 is 2.85 bits per heavy atom. The molecule has 5 rings (SSSR count). The Kier molecular flexibility index (Phi) is 3.86. The predicted molar refractivity (Wildman–Crippen MR) is 99.3 cm³/mol. The molecule has 0 aliphatic heterocycles. The normalized spacial score (nSPS) is 13.8. The predicted octanol–water partition coefficient (Wildman–Crippen LogP) is 3.57. The third kappa shape index (κ3) is 2.86. The van der Waals surface area contributed by atoms with Crippen LogP contribution in [0, 0.1) is 5.82 Å². The summed E-state index contributed by atoms with van der Waals surface area (Å²) in [5.74, 6) is 0.342. The molecule has 8 heteroatoms. The molecular weight excluding hydrogens is 367 g/mol. The number of nitrogens with zero attached hydrogens (tertiary/aromatic N) is 4. The SMILES string of the molecule is O=c1c2c3c(sc2ncn1Cc1nc(-c2ccc(F)cc2)no1)CCCC3. The van der Waals surface area contributed by atoms with Crippen molar-refractivity contribution in [3.8, 4) is 11.4 Å². The molecule has 136 valence electrons. The molecule has 1 aliphatic carbocycles. The molecule has 0 spiro atoms. The van der Waals surface area contributed by atoms with Crippen LogP contribution in [0.1, 0.15) is 29.2 Å². The van der Waals surface area contributed by atoms with Gasteiger partial charge in [0.15, 0.2) is 0 Å². The molecule has 0 saturated heterocycles. The summed E-state index contributed by atoms with van der Waals surface area (Å²) in [7, 11) is 0. The third-order valence-corrected chi connectivity index (χ3v) is 6.02. The second-order valence-electron chi connectivity index (χ2n) is 6.59. The number of halogens is 1. The van der Waals surface area contributed by atoms with E-state index in [1.165, 1.54) is 34.3 Å². The number of benzene rings is 1. The average Bonchev–Trinajstić information content (AvgIpc) is 3.29. The minimum absolute atomic E-state index is 0.0686. The van der Waals surface area contributed by atoms with Crippen molar-refractivity contribution in [2.45, 2.75) is 32.2 Å². The Bertz CT molecular complexity index is 1190. The van der Waals surface area contributed by atoms with Crippen LogP contribution in [-0.4, -0.2) is 19.7 Å². The molecule has 0 atom stereocenters. The number of rotatable bonds is 3. The van der Waals surface area contributed by atoms with Gasteiger partial charge < -0.3 is 4.52 Å². The lowest BCUT2D eigenvalue weighted by atomic mass is 9.97. The zero-order chi connectivity index (χ0) is 18.4. The van der Waals surface area contributed by atoms with Gasteiger partial charge in [-0.15, -0.1) is 11.3 Å². The Balaban J connectivity index is 1.49. The van der Waals surface area contributed by atoms with E-state index in [4.69, 9.17) is 4.52 Å². The number of hydrogen-bond donors (Lipinski definition) is 0. The Labute approximate surface area is 157 Å². The maximum Gasteiger partial charge on any atom is 0.262 e. The topological polar surface area (TPSA) is 73.8 Å². The molecule has 1 aliphatic rings. The van der Waals surface area contributed by atoms with Crippen LogP contribution in [0.2, 0.25) is 0 Å². The van der Waals surface area contributed by atoms with Gasteiger partial charge in [0.25, 0.3) is 5.56 Å². The highest BCUT2D eigenvalue weighted by atomic mass is 32.1. The van der Waals surface area contributed by atoms with Gasteiger partial charge in [0.1, 0.15) is 17.2 Å². The molecule has 0 saturated carbocycles. The summed E-state index contributed by atoms with van der Waals surface area (Å²) in [6.07, 6.45) is 5.78. The molecule has 4 aromatic rings. The molecule has 0 amide bonds. The van der Waals surface area contributed by atoms with Gasteiger partial charge >= 0.3 is 0 Å². The monoisotopic (exact) mass is 382 g/mol. The molecular formula is C19H15FN4O2S. The van der Waals surface area contributed by atoms with Gasteiger partial charge in [-0.2, -0.15) is 4.98 Å². The summed E-state index contributed by atoms with van der Waals surface area (Å²) in [6.45, 7) is 0.153. The Morgan fingerprint density at radius 2 is 2.00 bits per heavy atom. The highest BCUT2D eigenvalue weighted by Crippen LogP contribution is 2.33. The fraction of sp³-hybridized carbons (Fsp3) is 0.263. The Morgan fingerprint density at radius 1 is 1.19 bits per heavy atom. The number of thiophene rings is 1. The van der Waals surface area contributed by atoms with Crippen LogP contribution in [0.3, 0.4) is 0 Å². The number of hydrogen-bond acceptors (Lipinski definition) is 6. The molecule has 0 fully saturated rings. The fourth-order valence-electron chi connectivity index (χ4n) is 3.47. The van der Waals surface area contributed by atoms with Crippen LogP contribution in [0.4, 0.5) is 4.39 Å². The first-order valence-electron chi connectivity index (χ1n) is 8.77. The van der Waals surface area contributed by atoms with E-state index < -0.39 is 0 Å². The van der Waals surface area contributed by atoms with E-state index in [2.05, 4.69) is 15.1 Å². The first kappa shape index (κ1) is 16.3. The Hall–Kier alpha value is -2.87. The van der Waals surface area contributed by atoms with E-state index >= 15 is 0 Å². The molecule has 1 aromatic carbocycles. The van der Waals surface area contributed by atoms with Crippen LogP contribution >= 0.6 is 11.3 Å². The van der Waals surface area contributed by atoms with Gasteiger partial charge in [-0.1, -0.05) is 5.16 Å². The van der Waals surface area contributed by atoms with Crippen molar-refractivity contribution in [2.24, 2.45) is 0 Å². The first-order valence-corrected chi connectivity index (χ1v) is 9.59. The van der Waals surface area contributed by atoms with Crippen LogP contribution in [0.25, 0.3) is 21.6 Å². The van der Waals surface area contributed by atoms with Crippen LogP contribution < -0.4 is 5.56 Å². The molecule has 27 heavy (non-hydrogen) atoms. The van der Waals surface area contributed by atoms with E-state index in [9.17, 15) is 9.18 Å². The summed E-state index contributed by atoms with van der Waals surface area (Å²) in [5.41, 5.74) is 1.74. The van der Waals surface area contributed by atoms with Crippen molar-refractivity contribution in [3.05, 3.63) is 63.1 Å². The molecule has 0 radical (unpaired) electrons. The molecule has 0 unspecified atom stereocenters. The van der Waals surface area contributed by atoms with Gasteiger partial charge in [-0.3, -0.25) is 9.36 Å². The van der Waals surface area contributed by atoms with Gasteiger partial charge in [0, 0.05) is 10.4 Å². The molecule has 0 N–H and O–H groups in total. The largest absolute Gasteiger partial charge is 0.337 e. The summed E-state index contributed by atoms with van der Waals surface area (Å²) < 4.78 is 19.8. The fourth-order valence-corrected chi connectivity index (χ4v) is 4.69. The van der Waals surface area contributed by atoms with E-state index in [-0.39, 0.29) is 17.9 Å². The molecule has 6 nitrogen and oxygen atoms in total. The van der Waals surface area contributed by atoms with Crippen LogP contribution in [0.5, 0.6) is 0 Å². The lowest BCUT2D eigenvalue weighted by Gasteiger charge is -2.10.